The SMILES string of the molecule is CCNc1cc(C(C)C)nc(Cc2cc(F)cc(F)c2)n1. The van der Waals surface area contributed by atoms with Gasteiger partial charge in [0.05, 0.1) is 0 Å². The van der Waals surface area contributed by atoms with Crippen LogP contribution < -0.4 is 5.32 Å². The summed E-state index contributed by atoms with van der Waals surface area (Å²) < 4.78 is 26.5. The van der Waals surface area contributed by atoms with E-state index in [0.29, 0.717) is 17.8 Å². The summed E-state index contributed by atoms with van der Waals surface area (Å²) in [4.78, 5) is 8.87. The Labute approximate surface area is 123 Å². The second-order valence-corrected chi connectivity index (χ2v) is 5.23. The van der Waals surface area contributed by atoms with Gasteiger partial charge in [0.2, 0.25) is 0 Å². The first-order chi connectivity index (χ1) is 9.97. The van der Waals surface area contributed by atoms with Crippen LogP contribution in [0.1, 0.15) is 43.8 Å². The maximum absolute atomic E-state index is 13.2. The van der Waals surface area contributed by atoms with E-state index >= 15 is 0 Å². The van der Waals surface area contributed by atoms with Crippen LogP contribution in [-0.2, 0) is 6.42 Å². The highest BCUT2D eigenvalue weighted by Crippen LogP contribution is 2.18. The van der Waals surface area contributed by atoms with Gasteiger partial charge in [0.15, 0.2) is 0 Å². The zero-order chi connectivity index (χ0) is 15.4. The molecule has 5 heteroatoms. The fourth-order valence-electron chi connectivity index (χ4n) is 2.06. The smallest absolute Gasteiger partial charge is 0.135 e. The zero-order valence-corrected chi connectivity index (χ0v) is 12.5. The topological polar surface area (TPSA) is 37.8 Å². The summed E-state index contributed by atoms with van der Waals surface area (Å²) >= 11 is 0. The fraction of sp³-hybridized carbons (Fsp3) is 0.375. The van der Waals surface area contributed by atoms with Gasteiger partial charge in [-0.2, -0.15) is 0 Å². The summed E-state index contributed by atoms with van der Waals surface area (Å²) in [6.07, 6.45) is 0.299. The minimum atomic E-state index is -0.586. The van der Waals surface area contributed by atoms with Gasteiger partial charge in [0.1, 0.15) is 23.3 Å². The first-order valence-corrected chi connectivity index (χ1v) is 7.04. The Bertz CT molecular complexity index is 607. The van der Waals surface area contributed by atoms with Crippen molar-refractivity contribution in [3.8, 4) is 0 Å². The van der Waals surface area contributed by atoms with Crippen LogP contribution in [0.4, 0.5) is 14.6 Å². The van der Waals surface area contributed by atoms with E-state index in [2.05, 4.69) is 15.3 Å². The molecule has 0 fully saturated rings. The van der Waals surface area contributed by atoms with E-state index in [-0.39, 0.29) is 5.92 Å². The molecule has 0 bridgehead atoms. The number of nitrogens with one attached hydrogen (secondary N) is 1. The van der Waals surface area contributed by atoms with Gasteiger partial charge in [-0.3, -0.25) is 0 Å². The lowest BCUT2D eigenvalue weighted by atomic mass is 10.1. The van der Waals surface area contributed by atoms with Gasteiger partial charge in [0, 0.05) is 30.8 Å². The van der Waals surface area contributed by atoms with E-state index in [1.807, 2.05) is 26.8 Å². The largest absolute Gasteiger partial charge is 0.370 e. The number of hydrogen-bond donors (Lipinski definition) is 1. The Hall–Kier alpha value is -2.04. The molecule has 112 valence electrons. The molecular formula is C16H19F2N3. The third kappa shape index (κ3) is 4.21. The predicted octanol–water partition coefficient (Wildman–Crippen LogP) is 3.90. The first kappa shape index (κ1) is 15.4. The van der Waals surface area contributed by atoms with Gasteiger partial charge in [-0.25, -0.2) is 18.7 Å². The number of benzene rings is 1. The Balaban J connectivity index is 2.33. The molecule has 0 atom stereocenters. The molecular weight excluding hydrogens is 272 g/mol. The molecule has 1 N–H and O–H groups in total. The minimum absolute atomic E-state index is 0.258. The average molecular weight is 291 g/mol. The van der Waals surface area contributed by atoms with Crippen LogP contribution in [0.2, 0.25) is 0 Å². The molecule has 0 spiro atoms. The van der Waals surface area contributed by atoms with Crippen LogP contribution in [0.3, 0.4) is 0 Å². The van der Waals surface area contributed by atoms with Crippen LogP contribution in [-0.4, -0.2) is 16.5 Å². The monoisotopic (exact) mass is 291 g/mol. The highest BCUT2D eigenvalue weighted by Gasteiger charge is 2.09. The van der Waals surface area contributed by atoms with Crippen molar-refractivity contribution >= 4 is 5.82 Å². The number of hydrogen-bond acceptors (Lipinski definition) is 3. The number of anilines is 1. The molecule has 2 aromatic rings. The van der Waals surface area contributed by atoms with Crippen LogP contribution >= 0.6 is 0 Å². The summed E-state index contributed by atoms with van der Waals surface area (Å²) in [5.74, 6) is 0.382. The van der Waals surface area contributed by atoms with Gasteiger partial charge in [-0.05, 0) is 30.5 Å². The Morgan fingerprint density at radius 2 is 1.71 bits per heavy atom. The van der Waals surface area contributed by atoms with Gasteiger partial charge in [-0.15, -0.1) is 0 Å². The predicted molar refractivity (Wildman–Crippen MR) is 79.4 cm³/mol. The minimum Gasteiger partial charge on any atom is -0.370 e. The van der Waals surface area contributed by atoms with Crippen molar-refractivity contribution in [2.75, 3.05) is 11.9 Å². The molecule has 3 nitrogen and oxygen atoms in total. The molecule has 1 heterocycles. The summed E-state index contributed by atoms with van der Waals surface area (Å²) in [5, 5.41) is 3.15. The summed E-state index contributed by atoms with van der Waals surface area (Å²) in [6.45, 7) is 6.83. The Morgan fingerprint density at radius 3 is 2.29 bits per heavy atom. The molecule has 0 radical (unpaired) electrons. The second-order valence-electron chi connectivity index (χ2n) is 5.23. The third-order valence-corrected chi connectivity index (χ3v) is 3.03. The summed E-state index contributed by atoms with van der Waals surface area (Å²) in [5.41, 5.74) is 1.43. The maximum Gasteiger partial charge on any atom is 0.135 e. The van der Waals surface area contributed by atoms with Crippen molar-refractivity contribution in [3.63, 3.8) is 0 Å². The van der Waals surface area contributed by atoms with Crippen molar-refractivity contribution in [3.05, 3.63) is 53.0 Å². The first-order valence-electron chi connectivity index (χ1n) is 7.04. The van der Waals surface area contributed by atoms with Gasteiger partial charge >= 0.3 is 0 Å². The Morgan fingerprint density at radius 1 is 1.05 bits per heavy atom. The Kier molecular flexibility index (Phi) is 4.83. The van der Waals surface area contributed by atoms with Crippen molar-refractivity contribution in [2.45, 2.75) is 33.1 Å². The summed E-state index contributed by atoms with van der Waals surface area (Å²) in [6, 6.07) is 5.38. The second kappa shape index (κ2) is 6.61. The molecule has 2 rings (SSSR count). The maximum atomic E-state index is 13.2. The molecule has 1 aromatic carbocycles. The molecule has 0 aliphatic rings. The number of nitrogens with zero attached hydrogens (tertiary/aromatic N) is 2. The van der Waals surface area contributed by atoms with E-state index in [1.54, 1.807) is 0 Å². The fourth-order valence-corrected chi connectivity index (χ4v) is 2.06. The highest BCUT2D eigenvalue weighted by molar-refractivity contribution is 5.37. The standard InChI is InChI=1S/C16H19F2N3/c1-4-19-15-9-14(10(2)3)20-16(21-15)7-11-5-12(17)8-13(18)6-11/h5-6,8-10H,4,7H2,1-3H3,(H,19,20,21). The lowest BCUT2D eigenvalue weighted by Gasteiger charge is -2.11. The van der Waals surface area contributed by atoms with E-state index < -0.39 is 11.6 Å². The molecule has 0 aliphatic carbocycles. The van der Waals surface area contributed by atoms with E-state index in [9.17, 15) is 8.78 Å². The summed E-state index contributed by atoms with van der Waals surface area (Å²) in [7, 11) is 0. The van der Waals surface area contributed by atoms with Gasteiger partial charge in [-0.1, -0.05) is 13.8 Å². The van der Waals surface area contributed by atoms with Crippen LogP contribution in [0.25, 0.3) is 0 Å². The van der Waals surface area contributed by atoms with Crippen molar-refractivity contribution in [2.24, 2.45) is 0 Å². The van der Waals surface area contributed by atoms with Crippen molar-refractivity contribution < 1.29 is 8.78 Å². The van der Waals surface area contributed by atoms with Crippen LogP contribution in [0.5, 0.6) is 0 Å². The number of aromatic nitrogens is 2. The lowest BCUT2D eigenvalue weighted by Crippen LogP contribution is -2.07. The van der Waals surface area contributed by atoms with Crippen molar-refractivity contribution in [1.29, 1.82) is 0 Å². The third-order valence-electron chi connectivity index (χ3n) is 3.03. The van der Waals surface area contributed by atoms with Gasteiger partial charge < -0.3 is 5.32 Å². The molecule has 0 unspecified atom stereocenters. The van der Waals surface area contributed by atoms with Crippen LogP contribution in [0, 0.1) is 11.6 Å². The quantitative estimate of drug-likeness (QED) is 0.908. The molecule has 0 saturated carbocycles. The number of rotatable bonds is 5. The number of halogens is 2. The molecule has 0 amide bonds. The van der Waals surface area contributed by atoms with Crippen LogP contribution in [0.15, 0.2) is 24.3 Å². The van der Waals surface area contributed by atoms with E-state index in [1.165, 1.54) is 12.1 Å². The van der Waals surface area contributed by atoms with E-state index in [0.717, 1.165) is 24.1 Å². The van der Waals surface area contributed by atoms with Crippen molar-refractivity contribution in [1.82, 2.24) is 9.97 Å². The lowest BCUT2D eigenvalue weighted by molar-refractivity contribution is 0.580. The molecule has 1 aromatic heterocycles. The molecule has 21 heavy (non-hydrogen) atoms. The molecule has 0 aliphatic heterocycles. The highest BCUT2D eigenvalue weighted by atomic mass is 19.1. The zero-order valence-electron chi connectivity index (χ0n) is 12.5. The van der Waals surface area contributed by atoms with Gasteiger partial charge in [0.25, 0.3) is 0 Å². The average Bonchev–Trinajstić information content (AvgIpc) is 2.37. The normalized spacial score (nSPS) is 11.0. The molecule has 0 saturated heterocycles. The van der Waals surface area contributed by atoms with E-state index in [4.69, 9.17) is 0 Å².